The van der Waals surface area contributed by atoms with Crippen molar-refractivity contribution in [2.45, 2.75) is 12.8 Å². The van der Waals surface area contributed by atoms with E-state index < -0.39 is 0 Å². The van der Waals surface area contributed by atoms with Gasteiger partial charge in [0.05, 0.1) is 25.3 Å². The molecule has 0 saturated heterocycles. The molecule has 1 amide bonds. The first-order valence-corrected chi connectivity index (χ1v) is 5.41. The van der Waals surface area contributed by atoms with Gasteiger partial charge in [0, 0.05) is 12.5 Å². The van der Waals surface area contributed by atoms with Crippen LogP contribution in [0, 0.1) is 11.3 Å². The molecule has 0 atom stereocenters. The van der Waals surface area contributed by atoms with Crippen molar-refractivity contribution < 1.29 is 14.3 Å². The van der Waals surface area contributed by atoms with Crippen LogP contribution >= 0.6 is 0 Å². The van der Waals surface area contributed by atoms with Crippen molar-refractivity contribution in [3.63, 3.8) is 0 Å². The van der Waals surface area contributed by atoms with E-state index in [0.29, 0.717) is 36.5 Å². The van der Waals surface area contributed by atoms with Crippen LogP contribution in [-0.4, -0.2) is 19.6 Å². The zero-order valence-electron chi connectivity index (χ0n) is 10.1. The standard InChI is InChI=1S/C12H15N3O3/c1-17-10-5-9(8-13)6-11(7-10)18-4-2-3-12(16)15-14/h5-7H,2-4,14H2,1H3,(H,15,16). The van der Waals surface area contributed by atoms with Crippen LogP contribution in [0.2, 0.25) is 0 Å². The minimum atomic E-state index is -0.234. The topological polar surface area (TPSA) is 97.4 Å². The van der Waals surface area contributed by atoms with Gasteiger partial charge in [0.25, 0.3) is 0 Å². The van der Waals surface area contributed by atoms with Crippen LogP contribution in [0.5, 0.6) is 11.5 Å². The highest BCUT2D eigenvalue weighted by atomic mass is 16.5. The zero-order chi connectivity index (χ0) is 13.4. The van der Waals surface area contributed by atoms with E-state index >= 15 is 0 Å². The summed E-state index contributed by atoms with van der Waals surface area (Å²) in [7, 11) is 1.52. The number of rotatable bonds is 6. The number of ether oxygens (including phenoxy) is 2. The van der Waals surface area contributed by atoms with Crippen LogP contribution < -0.4 is 20.7 Å². The van der Waals surface area contributed by atoms with Crippen molar-refractivity contribution in [1.29, 1.82) is 5.26 Å². The molecule has 0 heterocycles. The van der Waals surface area contributed by atoms with Gasteiger partial charge >= 0.3 is 0 Å². The molecule has 6 nitrogen and oxygen atoms in total. The number of hydrogen-bond donors (Lipinski definition) is 2. The van der Waals surface area contributed by atoms with Crippen LogP contribution in [0.1, 0.15) is 18.4 Å². The quantitative estimate of drug-likeness (QED) is 0.335. The van der Waals surface area contributed by atoms with Gasteiger partial charge in [0.15, 0.2) is 0 Å². The van der Waals surface area contributed by atoms with Gasteiger partial charge in [-0.1, -0.05) is 0 Å². The van der Waals surface area contributed by atoms with Crippen molar-refractivity contribution >= 4 is 5.91 Å². The maximum Gasteiger partial charge on any atom is 0.234 e. The Balaban J connectivity index is 2.51. The lowest BCUT2D eigenvalue weighted by Crippen LogP contribution is -2.29. The summed E-state index contributed by atoms with van der Waals surface area (Å²) in [4.78, 5) is 10.9. The Hall–Kier alpha value is -2.26. The zero-order valence-corrected chi connectivity index (χ0v) is 10.1. The molecule has 18 heavy (non-hydrogen) atoms. The number of hydrogen-bond acceptors (Lipinski definition) is 5. The van der Waals surface area contributed by atoms with Crippen molar-refractivity contribution in [2.24, 2.45) is 5.84 Å². The fraction of sp³-hybridized carbons (Fsp3) is 0.333. The highest BCUT2D eigenvalue weighted by Crippen LogP contribution is 2.22. The molecule has 0 bridgehead atoms. The number of nitrogens with two attached hydrogens (primary N) is 1. The largest absolute Gasteiger partial charge is 0.497 e. The molecule has 0 unspecified atom stereocenters. The van der Waals surface area contributed by atoms with Gasteiger partial charge in [0.2, 0.25) is 5.91 Å². The lowest BCUT2D eigenvalue weighted by molar-refractivity contribution is -0.121. The number of carbonyl (C=O) groups is 1. The van der Waals surface area contributed by atoms with Crippen molar-refractivity contribution in [3.8, 4) is 17.6 Å². The average molecular weight is 249 g/mol. The Morgan fingerprint density at radius 3 is 2.78 bits per heavy atom. The Kier molecular flexibility index (Phi) is 5.48. The molecular formula is C12H15N3O3. The van der Waals surface area contributed by atoms with E-state index in [1.165, 1.54) is 7.11 Å². The minimum Gasteiger partial charge on any atom is -0.497 e. The summed E-state index contributed by atoms with van der Waals surface area (Å²) in [5, 5.41) is 8.83. The number of nitriles is 1. The van der Waals surface area contributed by atoms with E-state index in [0.717, 1.165) is 0 Å². The number of benzene rings is 1. The fourth-order valence-corrected chi connectivity index (χ4v) is 1.33. The summed E-state index contributed by atoms with van der Waals surface area (Å²) in [6.45, 7) is 0.367. The van der Waals surface area contributed by atoms with Crippen LogP contribution in [0.15, 0.2) is 18.2 Å². The molecule has 1 aromatic carbocycles. The minimum absolute atomic E-state index is 0.234. The maximum absolute atomic E-state index is 10.9. The SMILES string of the molecule is COc1cc(C#N)cc(OCCCC(=O)NN)c1. The lowest BCUT2D eigenvalue weighted by atomic mass is 10.2. The number of amides is 1. The molecular weight excluding hydrogens is 234 g/mol. The molecule has 0 saturated carbocycles. The van der Waals surface area contributed by atoms with E-state index in [4.69, 9.17) is 20.6 Å². The number of nitrogens with zero attached hydrogens (tertiary/aromatic N) is 1. The molecule has 0 aromatic heterocycles. The number of carbonyl (C=O) groups excluding carboxylic acids is 1. The maximum atomic E-state index is 10.9. The molecule has 0 radical (unpaired) electrons. The molecule has 0 aliphatic rings. The summed E-state index contributed by atoms with van der Waals surface area (Å²) in [5.41, 5.74) is 2.50. The first kappa shape index (κ1) is 13.8. The van der Waals surface area contributed by atoms with E-state index in [1.54, 1.807) is 18.2 Å². The van der Waals surface area contributed by atoms with Gasteiger partial charge in [-0.3, -0.25) is 10.2 Å². The predicted octanol–water partition coefficient (Wildman–Crippen LogP) is 0.716. The Morgan fingerprint density at radius 1 is 1.44 bits per heavy atom. The predicted molar refractivity (Wildman–Crippen MR) is 64.8 cm³/mol. The molecule has 1 rings (SSSR count). The van der Waals surface area contributed by atoms with E-state index in [9.17, 15) is 4.79 Å². The molecule has 1 aromatic rings. The second kappa shape index (κ2) is 7.14. The summed E-state index contributed by atoms with van der Waals surface area (Å²) >= 11 is 0. The third-order valence-electron chi connectivity index (χ3n) is 2.22. The molecule has 96 valence electrons. The summed E-state index contributed by atoms with van der Waals surface area (Å²) in [6, 6.07) is 6.94. The molecule has 6 heteroatoms. The Bertz CT molecular complexity index is 454. The van der Waals surface area contributed by atoms with Crippen molar-refractivity contribution in [1.82, 2.24) is 5.43 Å². The van der Waals surface area contributed by atoms with Crippen LogP contribution in [-0.2, 0) is 4.79 Å². The van der Waals surface area contributed by atoms with E-state index in [-0.39, 0.29) is 5.91 Å². The van der Waals surface area contributed by atoms with Gasteiger partial charge in [-0.15, -0.1) is 0 Å². The monoisotopic (exact) mass is 249 g/mol. The van der Waals surface area contributed by atoms with Gasteiger partial charge in [0.1, 0.15) is 11.5 Å². The smallest absolute Gasteiger partial charge is 0.234 e. The van der Waals surface area contributed by atoms with Crippen LogP contribution in [0.4, 0.5) is 0 Å². The van der Waals surface area contributed by atoms with Gasteiger partial charge in [-0.2, -0.15) is 5.26 Å². The fourth-order valence-electron chi connectivity index (χ4n) is 1.33. The van der Waals surface area contributed by atoms with E-state index in [2.05, 4.69) is 0 Å². The van der Waals surface area contributed by atoms with Crippen molar-refractivity contribution in [2.75, 3.05) is 13.7 Å². The summed E-state index contributed by atoms with van der Waals surface area (Å²) in [6.07, 6.45) is 0.841. The highest BCUT2D eigenvalue weighted by Gasteiger charge is 2.03. The Morgan fingerprint density at radius 2 is 2.17 bits per heavy atom. The first-order valence-electron chi connectivity index (χ1n) is 5.41. The number of methoxy groups -OCH3 is 1. The lowest BCUT2D eigenvalue weighted by Gasteiger charge is -2.08. The van der Waals surface area contributed by atoms with Gasteiger partial charge in [-0.05, 0) is 18.6 Å². The first-order chi connectivity index (χ1) is 8.69. The van der Waals surface area contributed by atoms with Gasteiger partial charge in [-0.25, -0.2) is 5.84 Å². The summed E-state index contributed by atoms with van der Waals surface area (Å²) in [5.74, 6) is 5.81. The molecule has 3 N–H and O–H groups in total. The molecule has 0 fully saturated rings. The van der Waals surface area contributed by atoms with Crippen molar-refractivity contribution in [3.05, 3.63) is 23.8 Å². The number of nitrogens with one attached hydrogen (secondary N) is 1. The third-order valence-corrected chi connectivity index (χ3v) is 2.22. The second-order valence-corrected chi connectivity index (χ2v) is 3.53. The second-order valence-electron chi connectivity index (χ2n) is 3.53. The molecule has 0 aliphatic heterocycles. The number of hydrazine groups is 1. The Labute approximate surface area is 105 Å². The summed E-state index contributed by atoms with van der Waals surface area (Å²) < 4.78 is 10.5. The third kappa shape index (κ3) is 4.31. The highest BCUT2D eigenvalue weighted by molar-refractivity contribution is 5.75. The van der Waals surface area contributed by atoms with Gasteiger partial charge < -0.3 is 9.47 Å². The molecule has 0 spiro atoms. The van der Waals surface area contributed by atoms with E-state index in [1.807, 2.05) is 11.5 Å². The van der Waals surface area contributed by atoms with Crippen LogP contribution in [0.25, 0.3) is 0 Å². The average Bonchev–Trinajstić information content (AvgIpc) is 2.42. The molecule has 0 aliphatic carbocycles. The normalized spacial score (nSPS) is 9.39. The van der Waals surface area contributed by atoms with Crippen LogP contribution in [0.3, 0.4) is 0 Å².